The van der Waals surface area contributed by atoms with Crippen molar-refractivity contribution in [1.82, 2.24) is 15.0 Å². The van der Waals surface area contributed by atoms with Crippen LogP contribution in [0.15, 0.2) is 42.5 Å². The van der Waals surface area contributed by atoms with E-state index in [0.717, 1.165) is 18.4 Å². The van der Waals surface area contributed by atoms with Crippen molar-refractivity contribution in [2.45, 2.75) is 43.9 Å². The van der Waals surface area contributed by atoms with Crippen LogP contribution in [0, 0.1) is 6.92 Å². The van der Waals surface area contributed by atoms with Crippen LogP contribution in [0.2, 0.25) is 0 Å². The molecule has 0 radical (unpaired) electrons. The number of aromatic nitrogens is 3. The third-order valence-electron chi connectivity index (χ3n) is 7.00. The van der Waals surface area contributed by atoms with Gasteiger partial charge in [0.25, 0.3) is 5.91 Å². The van der Waals surface area contributed by atoms with Gasteiger partial charge >= 0.3 is 0 Å². The van der Waals surface area contributed by atoms with Crippen molar-refractivity contribution in [3.8, 4) is 5.75 Å². The number of piperidine rings is 2. The van der Waals surface area contributed by atoms with Crippen molar-refractivity contribution < 1.29 is 9.90 Å². The Balaban J connectivity index is 1.36. The lowest BCUT2D eigenvalue weighted by atomic mass is 10.0. The van der Waals surface area contributed by atoms with E-state index >= 15 is 0 Å². The molecule has 4 atom stereocenters. The molecule has 13 heteroatoms. The number of carbonyl (C=O) groups is 1. The van der Waals surface area contributed by atoms with Gasteiger partial charge in [0.05, 0.1) is 5.56 Å². The van der Waals surface area contributed by atoms with Gasteiger partial charge in [0.2, 0.25) is 17.8 Å². The zero-order valence-corrected chi connectivity index (χ0v) is 22.5. The van der Waals surface area contributed by atoms with Crippen LogP contribution in [0.5, 0.6) is 5.75 Å². The van der Waals surface area contributed by atoms with Crippen molar-refractivity contribution in [3.05, 3.63) is 53.6 Å². The summed E-state index contributed by atoms with van der Waals surface area (Å²) < 4.78 is 0. The number of carbonyl (C=O) groups excluding carboxylic acids is 1. The first kappa shape index (κ1) is 27.5. The van der Waals surface area contributed by atoms with Crippen LogP contribution in [-0.4, -0.2) is 76.3 Å². The Labute approximate surface area is 233 Å². The van der Waals surface area contributed by atoms with Gasteiger partial charge in [0, 0.05) is 61.7 Å². The molecule has 212 valence electrons. The van der Waals surface area contributed by atoms with E-state index in [2.05, 4.69) is 20.6 Å². The van der Waals surface area contributed by atoms with Crippen LogP contribution in [0.3, 0.4) is 0 Å². The van der Waals surface area contributed by atoms with E-state index in [1.54, 1.807) is 42.5 Å². The van der Waals surface area contributed by atoms with Gasteiger partial charge in [-0.25, -0.2) is 0 Å². The Morgan fingerprint density at radius 2 is 1.30 bits per heavy atom. The van der Waals surface area contributed by atoms with Crippen LogP contribution in [-0.2, 0) is 0 Å². The molecule has 1 aromatic heterocycles. The average molecular weight is 548 g/mol. The van der Waals surface area contributed by atoms with Crippen molar-refractivity contribution in [2.24, 2.45) is 22.9 Å². The van der Waals surface area contributed by atoms with Gasteiger partial charge < -0.3 is 48.5 Å². The summed E-state index contributed by atoms with van der Waals surface area (Å²) in [6.45, 7) is 4.18. The maximum Gasteiger partial charge on any atom is 0.259 e. The SMILES string of the molecule is Cc1ccc(C(=O)Nc2ccc(Nc3nc(N4C[C@H](N)C[C@H](N)C4)nc(N4C[C@H](N)C[C@H](N)C4)n3)cc2)c(O)c1. The van der Waals surface area contributed by atoms with E-state index in [9.17, 15) is 9.90 Å². The van der Waals surface area contributed by atoms with Crippen molar-refractivity contribution in [1.29, 1.82) is 0 Å². The molecule has 3 aromatic rings. The quantitative estimate of drug-likeness (QED) is 0.226. The normalized spacial score (nSPS) is 23.1. The molecule has 0 unspecified atom stereocenters. The van der Waals surface area contributed by atoms with Gasteiger partial charge in [-0.05, 0) is 61.7 Å². The highest BCUT2D eigenvalue weighted by Gasteiger charge is 2.28. The van der Waals surface area contributed by atoms with Crippen molar-refractivity contribution in [2.75, 3.05) is 46.6 Å². The van der Waals surface area contributed by atoms with Gasteiger partial charge in [-0.15, -0.1) is 0 Å². The second-order valence-corrected chi connectivity index (χ2v) is 10.8. The molecule has 0 aliphatic carbocycles. The molecule has 1 amide bonds. The molecule has 11 N–H and O–H groups in total. The first-order chi connectivity index (χ1) is 19.1. The second-order valence-electron chi connectivity index (χ2n) is 10.8. The first-order valence-electron chi connectivity index (χ1n) is 13.4. The molecule has 2 aliphatic rings. The molecular weight excluding hydrogens is 510 g/mol. The number of phenolic OH excluding ortho intramolecular Hbond substituents is 1. The molecule has 2 fully saturated rings. The number of phenols is 1. The summed E-state index contributed by atoms with van der Waals surface area (Å²) in [7, 11) is 0. The van der Waals surface area contributed by atoms with Gasteiger partial charge in [-0.3, -0.25) is 4.79 Å². The molecule has 0 saturated carbocycles. The number of benzene rings is 2. The predicted octanol–water partition coefficient (Wildman–Crippen LogP) is 0.611. The summed E-state index contributed by atoms with van der Waals surface area (Å²) in [6.07, 6.45) is 1.48. The molecule has 0 bridgehead atoms. The Morgan fingerprint density at radius 1 is 0.800 bits per heavy atom. The van der Waals surface area contributed by atoms with Crippen LogP contribution >= 0.6 is 0 Å². The first-order valence-corrected chi connectivity index (χ1v) is 13.4. The molecule has 2 aromatic carbocycles. The number of nitrogens with zero attached hydrogens (tertiary/aromatic N) is 5. The summed E-state index contributed by atoms with van der Waals surface area (Å²) in [5.41, 5.74) is 27.3. The highest BCUT2D eigenvalue weighted by Crippen LogP contribution is 2.25. The van der Waals surface area contributed by atoms with E-state index in [0.29, 0.717) is 55.4 Å². The summed E-state index contributed by atoms with van der Waals surface area (Å²) in [6, 6.07) is 11.7. The zero-order valence-electron chi connectivity index (χ0n) is 22.5. The fourth-order valence-corrected chi connectivity index (χ4v) is 5.17. The molecule has 2 saturated heterocycles. The van der Waals surface area contributed by atoms with Crippen LogP contribution in [0.4, 0.5) is 29.2 Å². The molecule has 2 aliphatic heterocycles. The van der Waals surface area contributed by atoms with Gasteiger partial charge in [0.15, 0.2) is 0 Å². The maximum atomic E-state index is 12.6. The average Bonchev–Trinajstić information content (AvgIpc) is 2.88. The molecule has 13 nitrogen and oxygen atoms in total. The third kappa shape index (κ3) is 6.57. The van der Waals surface area contributed by atoms with Gasteiger partial charge in [-0.1, -0.05) is 6.07 Å². The monoisotopic (exact) mass is 547 g/mol. The number of nitrogens with one attached hydrogen (secondary N) is 2. The van der Waals surface area contributed by atoms with E-state index in [1.165, 1.54) is 0 Å². The van der Waals surface area contributed by atoms with Crippen LogP contribution < -0.4 is 43.4 Å². The Morgan fingerprint density at radius 3 is 1.80 bits per heavy atom. The minimum absolute atomic E-state index is 0.0662. The second kappa shape index (κ2) is 11.6. The zero-order chi connectivity index (χ0) is 28.4. The maximum absolute atomic E-state index is 12.6. The molecule has 5 rings (SSSR count). The van der Waals surface area contributed by atoms with Crippen LogP contribution in [0.25, 0.3) is 0 Å². The lowest BCUT2D eigenvalue weighted by Crippen LogP contribution is -2.54. The number of hydrogen-bond donors (Lipinski definition) is 7. The van der Waals surface area contributed by atoms with E-state index in [1.807, 2.05) is 16.7 Å². The topological polar surface area (TPSA) is 211 Å². The predicted molar refractivity (Wildman–Crippen MR) is 156 cm³/mol. The molecular formula is C27H37N11O2. The van der Waals surface area contributed by atoms with Gasteiger partial charge in [0.1, 0.15) is 5.75 Å². The largest absolute Gasteiger partial charge is 0.507 e. The number of aromatic hydroxyl groups is 1. The number of aryl methyl sites for hydroxylation is 1. The Hall–Kier alpha value is -4.04. The highest BCUT2D eigenvalue weighted by atomic mass is 16.3. The number of amides is 1. The summed E-state index contributed by atoms with van der Waals surface area (Å²) in [5.74, 6) is 0.839. The van der Waals surface area contributed by atoms with Crippen molar-refractivity contribution in [3.63, 3.8) is 0 Å². The molecule has 3 heterocycles. The van der Waals surface area contributed by atoms with E-state index in [-0.39, 0.29) is 35.5 Å². The minimum Gasteiger partial charge on any atom is -0.507 e. The summed E-state index contributed by atoms with van der Waals surface area (Å²) in [4.78, 5) is 30.7. The number of nitrogens with two attached hydrogens (primary N) is 4. The number of anilines is 5. The standard InChI is InChI=1S/C27H37N11O2/c1-15-2-7-22(23(39)8-15)24(40)32-20-3-5-21(6-4-20)33-25-34-26(37-11-16(28)9-17(29)12-37)36-27(35-25)38-13-18(30)10-19(31)14-38/h2-8,16-19,39H,9-14,28-31H2,1H3,(H,32,40)(H,33,34,35,36)/t16-,17+,18-,19+. The number of rotatable bonds is 6. The summed E-state index contributed by atoms with van der Waals surface area (Å²) >= 11 is 0. The molecule has 0 spiro atoms. The van der Waals surface area contributed by atoms with E-state index < -0.39 is 5.91 Å². The van der Waals surface area contributed by atoms with Gasteiger partial charge in [-0.2, -0.15) is 15.0 Å². The minimum atomic E-state index is -0.402. The lowest BCUT2D eigenvalue weighted by molar-refractivity contribution is 0.102. The Kier molecular flexibility index (Phi) is 7.98. The van der Waals surface area contributed by atoms with Crippen LogP contribution in [0.1, 0.15) is 28.8 Å². The fourth-order valence-electron chi connectivity index (χ4n) is 5.17. The Bertz CT molecular complexity index is 1290. The third-order valence-corrected chi connectivity index (χ3v) is 7.00. The lowest BCUT2D eigenvalue weighted by Gasteiger charge is -2.37. The highest BCUT2D eigenvalue weighted by molar-refractivity contribution is 6.06. The smallest absolute Gasteiger partial charge is 0.259 e. The molecule has 40 heavy (non-hydrogen) atoms. The fraction of sp³-hybridized carbons (Fsp3) is 0.407. The van der Waals surface area contributed by atoms with Crippen molar-refractivity contribution >= 4 is 35.1 Å². The number of hydrogen-bond acceptors (Lipinski definition) is 12. The summed E-state index contributed by atoms with van der Waals surface area (Å²) in [5, 5.41) is 16.2. The van der Waals surface area contributed by atoms with E-state index in [4.69, 9.17) is 27.9 Å².